The van der Waals surface area contributed by atoms with Gasteiger partial charge in [-0.25, -0.2) is 0 Å². The van der Waals surface area contributed by atoms with Crippen molar-refractivity contribution in [2.75, 3.05) is 33.9 Å². The van der Waals surface area contributed by atoms with E-state index < -0.39 is 6.23 Å². The largest absolute Gasteiger partial charge is 0.493 e. The number of rotatable bonds is 8. The Morgan fingerprint density at radius 2 is 1.74 bits per heavy atom. The van der Waals surface area contributed by atoms with E-state index in [-0.39, 0.29) is 12.4 Å². The van der Waals surface area contributed by atoms with Crippen LogP contribution in [0.25, 0.3) is 22.0 Å². The van der Waals surface area contributed by atoms with E-state index in [2.05, 4.69) is 0 Å². The first-order chi connectivity index (χ1) is 17.1. The van der Waals surface area contributed by atoms with Crippen molar-refractivity contribution in [3.8, 4) is 34.3 Å². The highest BCUT2D eigenvalue weighted by atomic mass is 32.2. The Balaban J connectivity index is 1.71. The zero-order chi connectivity index (χ0) is 24.4. The van der Waals surface area contributed by atoms with E-state index >= 15 is 0 Å². The third-order valence-corrected chi connectivity index (χ3v) is 6.98. The van der Waals surface area contributed by atoms with Crippen LogP contribution in [0, 0.1) is 0 Å². The fourth-order valence-electron chi connectivity index (χ4n) is 4.23. The summed E-state index contributed by atoms with van der Waals surface area (Å²) in [4.78, 5) is 15.2. The van der Waals surface area contributed by atoms with Crippen LogP contribution < -0.4 is 24.5 Å². The van der Waals surface area contributed by atoms with Crippen molar-refractivity contribution >= 4 is 22.5 Å². The molecule has 1 atom stereocenters. The maximum atomic E-state index is 14.1. The molecule has 8 heteroatoms. The molecule has 0 amide bonds. The maximum Gasteiger partial charge on any atom is 0.264 e. The topological polar surface area (TPSA) is 68.2 Å². The molecule has 7 nitrogen and oxygen atoms in total. The molecular formula is C27H25NO6S. The molecule has 0 fully saturated rings. The van der Waals surface area contributed by atoms with E-state index in [9.17, 15) is 4.79 Å². The lowest BCUT2D eigenvalue weighted by atomic mass is 10.0. The first kappa shape index (κ1) is 23.1. The summed E-state index contributed by atoms with van der Waals surface area (Å²) in [6.45, 7) is 0.175. The van der Waals surface area contributed by atoms with Crippen LogP contribution in [0.5, 0.6) is 23.0 Å². The molecule has 3 aromatic carbocycles. The minimum absolute atomic E-state index is 0.175. The zero-order valence-corrected chi connectivity index (χ0v) is 20.5. The average Bonchev–Trinajstić information content (AvgIpc) is 3.37. The molecule has 0 N–H and O–H groups in total. The van der Waals surface area contributed by atoms with Crippen LogP contribution in [0.4, 0.5) is 0 Å². The van der Waals surface area contributed by atoms with Gasteiger partial charge in [0.05, 0.1) is 25.3 Å². The Morgan fingerprint density at radius 1 is 0.943 bits per heavy atom. The third-order valence-electron chi connectivity index (χ3n) is 5.93. The minimum atomic E-state index is -0.548. The summed E-state index contributed by atoms with van der Waals surface area (Å²) in [6, 6.07) is 21.3. The van der Waals surface area contributed by atoms with E-state index in [1.165, 1.54) is 7.11 Å². The Bertz CT molecular complexity index is 1420. The van der Waals surface area contributed by atoms with Crippen molar-refractivity contribution in [1.29, 1.82) is 0 Å². The quantitative estimate of drug-likeness (QED) is 0.308. The highest BCUT2D eigenvalue weighted by molar-refractivity contribution is 7.99. The third kappa shape index (κ3) is 4.31. The van der Waals surface area contributed by atoms with Crippen molar-refractivity contribution in [1.82, 2.24) is 4.57 Å². The molecule has 1 unspecified atom stereocenters. The average molecular weight is 492 g/mol. The van der Waals surface area contributed by atoms with Crippen LogP contribution in [0.15, 0.2) is 76.4 Å². The Hall–Kier alpha value is -3.62. The molecule has 0 aliphatic carbocycles. The van der Waals surface area contributed by atoms with Gasteiger partial charge in [-0.05, 0) is 47.9 Å². The van der Waals surface area contributed by atoms with Gasteiger partial charge >= 0.3 is 0 Å². The Morgan fingerprint density at radius 3 is 2.49 bits per heavy atom. The smallest absolute Gasteiger partial charge is 0.264 e. The normalized spacial score (nSPS) is 13.1. The van der Waals surface area contributed by atoms with Crippen molar-refractivity contribution in [2.45, 2.75) is 11.1 Å². The number of fused-ring (bicyclic) bond motifs is 2. The fourth-order valence-corrected chi connectivity index (χ4v) is 5.20. The molecule has 5 rings (SSSR count). The second-order valence-corrected chi connectivity index (χ2v) is 8.95. The highest BCUT2D eigenvalue weighted by Crippen LogP contribution is 2.39. The standard InChI is InChI=1S/C27H25NO6S/c1-30-22-12-10-18-13-20(17-9-11-21-23(14-17)34-16-33-21)28(27(29)25(18)26(22)32-3)24(31-2)15-35-19-7-5-4-6-8-19/h4-14,24H,15-16H2,1-3H3. The monoisotopic (exact) mass is 491 g/mol. The predicted octanol–water partition coefficient (Wildman–Crippen LogP) is 5.35. The van der Waals surface area contributed by atoms with Gasteiger partial charge in [0.15, 0.2) is 23.0 Å². The molecule has 180 valence electrons. The van der Waals surface area contributed by atoms with Crippen molar-refractivity contribution in [3.05, 3.63) is 77.1 Å². The highest BCUT2D eigenvalue weighted by Gasteiger charge is 2.24. The van der Waals surface area contributed by atoms with Gasteiger partial charge in [-0.2, -0.15) is 0 Å². The molecule has 0 radical (unpaired) electrons. The van der Waals surface area contributed by atoms with E-state index in [1.54, 1.807) is 36.6 Å². The number of hydrogen-bond acceptors (Lipinski definition) is 7. The molecule has 1 aliphatic heterocycles. The summed E-state index contributed by atoms with van der Waals surface area (Å²) in [5.74, 6) is 2.73. The van der Waals surface area contributed by atoms with Crippen LogP contribution in [-0.4, -0.2) is 38.4 Å². The molecule has 0 spiro atoms. The fraction of sp³-hybridized carbons (Fsp3) is 0.222. The summed E-state index contributed by atoms with van der Waals surface area (Å²) in [6.07, 6.45) is -0.548. The number of hydrogen-bond donors (Lipinski definition) is 0. The number of benzene rings is 3. The van der Waals surface area contributed by atoms with Crippen molar-refractivity contribution in [2.24, 2.45) is 0 Å². The van der Waals surface area contributed by atoms with E-state index in [4.69, 9.17) is 23.7 Å². The van der Waals surface area contributed by atoms with Crippen LogP contribution in [-0.2, 0) is 4.74 Å². The van der Waals surface area contributed by atoms with Crippen LogP contribution in [0.3, 0.4) is 0 Å². The predicted molar refractivity (Wildman–Crippen MR) is 136 cm³/mol. The number of thioether (sulfide) groups is 1. The molecule has 35 heavy (non-hydrogen) atoms. The number of aromatic nitrogens is 1. The SMILES string of the molecule is COc1ccc2cc(-c3ccc4c(c3)OCO4)n(C(CSc3ccccc3)OC)c(=O)c2c1OC. The summed E-state index contributed by atoms with van der Waals surface area (Å²) in [7, 11) is 4.70. The lowest BCUT2D eigenvalue weighted by molar-refractivity contribution is 0.0634. The van der Waals surface area contributed by atoms with Gasteiger partial charge in [0.2, 0.25) is 6.79 Å². The van der Waals surface area contributed by atoms with Gasteiger partial charge in [-0.15, -0.1) is 11.8 Å². The number of pyridine rings is 1. The summed E-state index contributed by atoms with van der Waals surface area (Å²) in [5, 5.41) is 1.17. The second-order valence-electron chi connectivity index (χ2n) is 7.85. The maximum absolute atomic E-state index is 14.1. The van der Waals surface area contributed by atoms with Gasteiger partial charge < -0.3 is 23.7 Å². The van der Waals surface area contributed by atoms with Gasteiger partial charge in [0, 0.05) is 23.3 Å². The van der Waals surface area contributed by atoms with Gasteiger partial charge in [0.25, 0.3) is 5.56 Å². The molecule has 1 aromatic heterocycles. The summed E-state index contributed by atoms with van der Waals surface area (Å²) in [5.41, 5.74) is 1.29. The lowest BCUT2D eigenvalue weighted by Gasteiger charge is -2.24. The number of nitrogens with zero attached hydrogens (tertiary/aromatic N) is 1. The number of ether oxygens (including phenoxy) is 5. The van der Waals surface area contributed by atoms with E-state index in [1.807, 2.05) is 60.7 Å². The number of methoxy groups -OCH3 is 3. The zero-order valence-electron chi connectivity index (χ0n) is 19.6. The Kier molecular flexibility index (Phi) is 6.57. The van der Waals surface area contributed by atoms with E-state index in [0.717, 1.165) is 15.8 Å². The van der Waals surface area contributed by atoms with Crippen molar-refractivity contribution < 1.29 is 23.7 Å². The molecule has 1 aliphatic rings. The molecular weight excluding hydrogens is 466 g/mol. The van der Waals surface area contributed by atoms with Gasteiger partial charge in [-0.1, -0.05) is 24.3 Å². The molecule has 4 aromatic rings. The summed E-state index contributed by atoms with van der Waals surface area (Å²) < 4.78 is 29.7. The van der Waals surface area contributed by atoms with Crippen LogP contribution >= 0.6 is 11.8 Å². The first-order valence-corrected chi connectivity index (χ1v) is 12.0. The van der Waals surface area contributed by atoms with E-state index in [0.29, 0.717) is 39.8 Å². The van der Waals surface area contributed by atoms with Crippen LogP contribution in [0.1, 0.15) is 6.23 Å². The van der Waals surface area contributed by atoms with Crippen LogP contribution in [0.2, 0.25) is 0 Å². The first-order valence-electron chi connectivity index (χ1n) is 11.1. The summed E-state index contributed by atoms with van der Waals surface area (Å²) >= 11 is 1.62. The van der Waals surface area contributed by atoms with Crippen molar-refractivity contribution in [3.63, 3.8) is 0 Å². The minimum Gasteiger partial charge on any atom is -0.493 e. The molecule has 2 heterocycles. The van der Waals surface area contributed by atoms with Gasteiger partial charge in [-0.3, -0.25) is 9.36 Å². The molecule has 0 saturated carbocycles. The second kappa shape index (κ2) is 9.93. The van der Waals surface area contributed by atoms with Gasteiger partial charge in [0.1, 0.15) is 6.23 Å². The Labute approximate surface area is 207 Å². The molecule has 0 saturated heterocycles. The lowest BCUT2D eigenvalue weighted by Crippen LogP contribution is -2.29. The molecule has 0 bridgehead atoms.